The predicted octanol–water partition coefficient (Wildman–Crippen LogP) is 6.71. The minimum absolute atomic E-state index is 0.0990. The SMILES string of the molecule is CC1CCN2CCC(C)c3cc(/C=C/C4=CC(=C(C#N)C#N)C=C(C(C)(C)C)O4)cc1c32. The average Bonchev–Trinajstić information content (AvgIpc) is 2.76. The van der Waals surface area contributed by atoms with Crippen LogP contribution in [-0.4, -0.2) is 13.1 Å². The maximum Gasteiger partial charge on any atom is 0.137 e. The summed E-state index contributed by atoms with van der Waals surface area (Å²) in [5.41, 5.74) is 5.99. The Balaban J connectivity index is 1.73. The molecule has 4 heteroatoms. The fraction of sp³-hybridized carbons (Fsp3) is 0.429. The largest absolute Gasteiger partial charge is 0.461 e. The van der Waals surface area contributed by atoms with Gasteiger partial charge in [-0.05, 0) is 71.7 Å². The van der Waals surface area contributed by atoms with Crippen molar-refractivity contribution in [3.05, 3.63) is 69.7 Å². The first-order valence-corrected chi connectivity index (χ1v) is 11.5. The van der Waals surface area contributed by atoms with Crippen molar-refractivity contribution in [1.82, 2.24) is 0 Å². The zero-order valence-corrected chi connectivity index (χ0v) is 19.7. The van der Waals surface area contributed by atoms with E-state index in [4.69, 9.17) is 4.74 Å². The molecular formula is C28H31N3O. The fourth-order valence-electron chi connectivity index (χ4n) is 4.71. The molecule has 1 aromatic carbocycles. The van der Waals surface area contributed by atoms with E-state index in [2.05, 4.69) is 57.7 Å². The van der Waals surface area contributed by atoms with Gasteiger partial charge >= 0.3 is 0 Å². The molecule has 0 spiro atoms. The van der Waals surface area contributed by atoms with E-state index in [-0.39, 0.29) is 11.0 Å². The average molecular weight is 426 g/mol. The maximum absolute atomic E-state index is 9.36. The van der Waals surface area contributed by atoms with Crippen LogP contribution in [0.25, 0.3) is 6.08 Å². The Morgan fingerprint density at radius 3 is 2.12 bits per heavy atom. The van der Waals surface area contributed by atoms with Crippen molar-refractivity contribution in [2.75, 3.05) is 18.0 Å². The van der Waals surface area contributed by atoms with Gasteiger partial charge in [-0.2, -0.15) is 10.5 Å². The van der Waals surface area contributed by atoms with E-state index in [1.54, 1.807) is 12.2 Å². The molecule has 3 aliphatic rings. The summed E-state index contributed by atoms with van der Waals surface area (Å²) < 4.78 is 6.16. The third kappa shape index (κ3) is 4.11. The molecule has 2 atom stereocenters. The van der Waals surface area contributed by atoms with Crippen molar-refractivity contribution in [3.63, 3.8) is 0 Å². The fourth-order valence-corrected chi connectivity index (χ4v) is 4.71. The molecule has 4 nitrogen and oxygen atoms in total. The lowest BCUT2D eigenvalue weighted by Crippen LogP contribution is -2.36. The number of anilines is 1. The molecule has 2 unspecified atom stereocenters. The zero-order valence-electron chi connectivity index (χ0n) is 19.7. The number of ether oxygens (including phenoxy) is 1. The summed E-state index contributed by atoms with van der Waals surface area (Å²) in [7, 11) is 0. The monoisotopic (exact) mass is 425 g/mol. The van der Waals surface area contributed by atoms with Gasteiger partial charge in [-0.1, -0.05) is 40.7 Å². The van der Waals surface area contributed by atoms with E-state index in [1.165, 1.54) is 35.2 Å². The molecule has 32 heavy (non-hydrogen) atoms. The Morgan fingerprint density at radius 2 is 1.59 bits per heavy atom. The third-order valence-corrected chi connectivity index (χ3v) is 6.74. The molecule has 0 saturated carbocycles. The van der Waals surface area contributed by atoms with Gasteiger partial charge in [-0.25, -0.2) is 0 Å². The van der Waals surface area contributed by atoms with Gasteiger partial charge in [0.25, 0.3) is 0 Å². The summed E-state index contributed by atoms with van der Waals surface area (Å²) in [6, 6.07) is 8.65. The molecule has 4 rings (SSSR count). The molecule has 1 aromatic rings. The Bertz CT molecular complexity index is 1090. The van der Waals surface area contributed by atoms with Crippen LogP contribution in [0.5, 0.6) is 0 Å². The summed E-state index contributed by atoms with van der Waals surface area (Å²) in [6.07, 6.45) is 10.0. The van der Waals surface area contributed by atoms with E-state index >= 15 is 0 Å². The molecule has 0 radical (unpaired) electrons. The molecule has 0 aromatic heterocycles. The number of nitrogens with zero attached hydrogens (tertiary/aromatic N) is 3. The topological polar surface area (TPSA) is 60.0 Å². The van der Waals surface area contributed by atoms with Gasteiger partial charge in [0.2, 0.25) is 0 Å². The minimum atomic E-state index is -0.237. The first-order chi connectivity index (χ1) is 15.2. The number of hydrogen-bond donors (Lipinski definition) is 0. The van der Waals surface area contributed by atoms with Gasteiger partial charge in [0.05, 0.1) is 0 Å². The smallest absolute Gasteiger partial charge is 0.137 e. The Labute approximate surface area is 191 Å². The standard InChI is InChI=1S/C28H31N3O/c1-18-8-10-31-11-9-19(2)25-13-20(12-24(18)27(25)31)6-7-23-14-21(22(16-29)17-30)15-26(32-23)28(3,4)5/h6-7,12-15,18-19H,8-11H2,1-5H3/b7-6+. The number of allylic oxidation sites excluding steroid dienone is 6. The first-order valence-electron chi connectivity index (χ1n) is 11.5. The van der Waals surface area contributed by atoms with Crippen LogP contribution in [0.4, 0.5) is 5.69 Å². The van der Waals surface area contributed by atoms with Crippen LogP contribution in [0.15, 0.2) is 53.0 Å². The summed E-state index contributed by atoms with van der Waals surface area (Å²) in [5, 5.41) is 18.7. The van der Waals surface area contributed by atoms with Crippen LogP contribution in [-0.2, 0) is 4.74 Å². The summed E-state index contributed by atoms with van der Waals surface area (Å²) >= 11 is 0. The molecule has 0 bridgehead atoms. The lowest BCUT2D eigenvalue weighted by molar-refractivity contribution is 0.223. The van der Waals surface area contributed by atoms with Gasteiger partial charge in [-0.15, -0.1) is 0 Å². The maximum atomic E-state index is 9.36. The quantitative estimate of drug-likeness (QED) is 0.494. The number of rotatable bonds is 2. The lowest BCUT2D eigenvalue weighted by Gasteiger charge is -2.41. The lowest BCUT2D eigenvalue weighted by atomic mass is 9.81. The highest BCUT2D eigenvalue weighted by molar-refractivity contribution is 5.70. The second-order valence-corrected chi connectivity index (χ2v) is 10.2. The van der Waals surface area contributed by atoms with Gasteiger partial charge in [0.1, 0.15) is 29.2 Å². The summed E-state index contributed by atoms with van der Waals surface area (Å²) in [5.74, 6) is 2.51. The van der Waals surface area contributed by atoms with E-state index in [0.717, 1.165) is 18.8 Å². The van der Waals surface area contributed by atoms with Crippen molar-refractivity contribution in [2.24, 2.45) is 5.41 Å². The highest BCUT2D eigenvalue weighted by Crippen LogP contribution is 2.45. The van der Waals surface area contributed by atoms with Crippen LogP contribution in [0.3, 0.4) is 0 Å². The van der Waals surface area contributed by atoms with Crippen molar-refractivity contribution in [3.8, 4) is 12.1 Å². The van der Waals surface area contributed by atoms with Gasteiger partial charge in [0, 0.05) is 29.8 Å². The van der Waals surface area contributed by atoms with Crippen molar-refractivity contribution < 1.29 is 4.74 Å². The van der Waals surface area contributed by atoms with Gasteiger partial charge in [0.15, 0.2) is 0 Å². The summed E-state index contributed by atoms with van der Waals surface area (Å²) in [6.45, 7) is 13.1. The highest BCUT2D eigenvalue weighted by atomic mass is 16.5. The van der Waals surface area contributed by atoms with Crippen molar-refractivity contribution in [1.29, 1.82) is 10.5 Å². The molecule has 0 N–H and O–H groups in total. The highest BCUT2D eigenvalue weighted by Gasteiger charge is 2.30. The number of hydrogen-bond acceptors (Lipinski definition) is 4. The second-order valence-electron chi connectivity index (χ2n) is 10.2. The molecule has 0 aliphatic carbocycles. The number of benzene rings is 1. The Morgan fingerprint density at radius 1 is 1.00 bits per heavy atom. The minimum Gasteiger partial charge on any atom is -0.461 e. The van der Waals surface area contributed by atoms with Gasteiger partial charge < -0.3 is 9.64 Å². The molecular weight excluding hydrogens is 394 g/mol. The molecule has 164 valence electrons. The second kappa shape index (κ2) is 8.36. The van der Waals surface area contributed by atoms with Crippen LogP contribution >= 0.6 is 0 Å². The molecule has 0 saturated heterocycles. The molecule has 0 amide bonds. The van der Waals surface area contributed by atoms with Crippen molar-refractivity contribution >= 4 is 11.8 Å². The molecule has 3 aliphatic heterocycles. The summed E-state index contributed by atoms with van der Waals surface area (Å²) in [4.78, 5) is 2.56. The van der Waals surface area contributed by atoms with Crippen molar-refractivity contribution in [2.45, 2.75) is 59.3 Å². The van der Waals surface area contributed by atoms with Crippen LogP contribution in [0, 0.1) is 28.1 Å². The van der Waals surface area contributed by atoms with E-state index in [0.29, 0.717) is 23.2 Å². The molecule has 3 heterocycles. The normalized spacial score (nSPS) is 22.3. The van der Waals surface area contributed by atoms with Crippen LogP contribution < -0.4 is 4.90 Å². The van der Waals surface area contributed by atoms with E-state index < -0.39 is 0 Å². The Kier molecular flexibility index (Phi) is 5.74. The van der Waals surface area contributed by atoms with Crippen LogP contribution in [0.1, 0.15) is 76.0 Å². The van der Waals surface area contributed by atoms with Gasteiger partial charge in [-0.3, -0.25) is 0 Å². The van der Waals surface area contributed by atoms with E-state index in [9.17, 15) is 10.5 Å². The molecule has 0 fully saturated rings. The zero-order chi connectivity index (χ0) is 23.0. The first kappa shape index (κ1) is 22.0. The third-order valence-electron chi connectivity index (χ3n) is 6.74. The van der Waals surface area contributed by atoms with E-state index in [1.807, 2.05) is 18.2 Å². The number of nitriles is 2. The van der Waals surface area contributed by atoms with Crippen LogP contribution in [0.2, 0.25) is 0 Å². The predicted molar refractivity (Wildman–Crippen MR) is 129 cm³/mol. The Hall–Kier alpha value is -3.24.